The minimum absolute atomic E-state index is 0.429. The molecule has 2 aromatic carbocycles. The number of benzene rings is 2. The number of primary amides is 1. The third-order valence-corrected chi connectivity index (χ3v) is 3.32. The Labute approximate surface area is 120 Å². The summed E-state index contributed by atoms with van der Waals surface area (Å²) in [4.78, 5) is 11.3. The van der Waals surface area contributed by atoms with Gasteiger partial charge in [0.2, 0.25) is 0 Å². The second kappa shape index (κ2) is 5.39. The lowest BCUT2D eigenvalue weighted by Gasteiger charge is -2.12. The smallest absolute Gasteiger partial charge is 0.250 e. The molecule has 0 aromatic heterocycles. The lowest BCUT2D eigenvalue weighted by Crippen LogP contribution is -2.13. The average Bonchev–Trinajstić information content (AvgIpc) is 2.33. The highest BCUT2D eigenvalue weighted by Crippen LogP contribution is 2.24. The Balaban J connectivity index is 2.37. The molecule has 0 aliphatic carbocycles. The SMILES string of the molecule is Cc1cc(I)ccc1Nc1ccccc1C(N)=O. The Hall–Kier alpha value is -1.56. The Morgan fingerprint density at radius 2 is 1.89 bits per heavy atom. The van der Waals surface area contributed by atoms with Crippen molar-refractivity contribution >= 4 is 39.9 Å². The van der Waals surface area contributed by atoms with E-state index in [1.54, 1.807) is 12.1 Å². The number of anilines is 2. The van der Waals surface area contributed by atoms with Crippen molar-refractivity contribution in [3.63, 3.8) is 0 Å². The van der Waals surface area contributed by atoms with Crippen molar-refractivity contribution in [2.24, 2.45) is 5.73 Å². The van der Waals surface area contributed by atoms with Crippen molar-refractivity contribution < 1.29 is 4.79 Å². The van der Waals surface area contributed by atoms with Gasteiger partial charge in [0.15, 0.2) is 0 Å². The number of aryl methyl sites for hydroxylation is 1. The van der Waals surface area contributed by atoms with Crippen molar-refractivity contribution in [3.05, 3.63) is 57.2 Å². The van der Waals surface area contributed by atoms with Gasteiger partial charge in [0, 0.05) is 9.26 Å². The summed E-state index contributed by atoms with van der Waals surface area (Å²) in [7, 11) is 0. The predicted molar refractivity (Wildman–Crippen MR) is 82.1 cm³/mol. The van der Waals surface area contributed by atoms with Crippen LogP contribution in [0.4, 0.5) is 11.4 Å². The first-order valence-corrected chi connectivity index (χ1v) is 6.58. The largest absolute Gasteiger partial charge is 0.366 e. The van der Waals surface area contributed by atoms with Gasteiger partial charge in [-0.05, 0) is 65.4 Å². The molecular formula is C14H13IN2O. The quantitative estimate of drug-likeness (QED) is 0.832. The van der Waals surface area contributed by atoms with Gasteiger partial charge in [-0.25, -0.2) is 0 Å². The number of para-hydroxylation sites is 1. The highest BCUT2D eigenvalue weighted by atomic mass is 127. The highest BCUT2D eigenvalue weighted by molar-refractivity contribution is 14.1. The molecule has 4 heteroatoms. The zero-order chi connectivity index (χ0) is 13.1. The summed E-state index contributed by atoms with van der Waals surface area (Å²) >= 11 is 2.27. The number of hydrogen-bond donors (Lipinski definition) is 2. The standard InChI is InChI=1S/C14H13IN2O/c1-9-8-10(15)6-7-12(9)17-13-5-3-2-4-11(13)14(16)18/h2-8,17H,1H3,(H2,16,18). The fourth-order valence-corrected chi connectivity index (χ4v) is 2.37. The molecule has 0 saturated heterocycles. The molecule has 0 unspecified atom stereocenters. The Morgan fingerprint density at radius 1 is 1.17 bits per heavy atom. The summed E-state index contributed by atoms with van der Waals surface area (Å²) < 4.78 is 1.18. The molecule has 18 heavy (non-hydrogen) atoms. The van der Waals surface area contributed by atoms with Crippen molar-refractivity contribution in [1.29, 1.82) is 0 Å². The van der Waals surface area contributed by atoms with Crippen LogP contribution in [-0.4, -0.2) is 5.91 Å². The van der Waals surface area contributed by atoms with Gasteiger partial charge in [-0.1, -0.05) is 12.1 Å². The van der Waals surface area contributed by atoms with Crippen LogP contribution in [0.1, 0.15) is 15.9 Å². The average molecular weight is 352 g/mol. The third-order valence-electron chi connectivity index (χ3n) is 2.65. The molecule has 0 spiro atoms. The van der Waals surface area contributed by atoms with Gasteiger partial charge in [-0.3, -0.25) is 4.79 Å². The Morgan fingerprint density at radius 3 is 2.56 bits per heavy atom. The fraction of sp³-hybridized carbons (Fsp3) is 0.0714. The summed E-state index contributed by atoms with van der Waals surface area (Å²) in [5, 5.41) is 3.25. The number of nitrogens with two attached hydrogens (primary N) is 1. The van der Waals surface area contributed by atoms with E-state index in [0.717, 1.165) is 16.9 Å². The minimum Gasteiger partial charge on any atom is -0.366 e. The first-order chi connectivity index (χ1) is 8.58. The van der Waals surface area contributed by atoms with Crippen LogP contribution >= 0.6 is 22.6 Å². The molecule has 3 N–H and O–H groups in total. The normalized spacial score (nSPS) is 10.1. The summed E-state index contributed by atoms with van der Waals surface area (Å²) in [6.45, 7) is 2.03. The van der Waals surface area contributed by atoms with E-state index in [-0.39, 0.29) is 0 Å². The number of halogens is 1. The Bertz CT molecular complexity index is 596. The molecule has 2 rings (SSSR count). The number of carbonyl (C=O) groups is 1. The second-order valence-corrected chi connectivity index (χ2v) is 5.24. The van der Waals surface area contributed by atoms with Crippen LogP contribution in [0, 0.1) is 10.5 Å². The molecule has 92 valence electrons. The summed E-state index contributed by atoms with van der Waals surface area (Å²) in [5.74, 6) is -0.429. The van der Waals surface area contributed by atoms with Gasteiger partial charge in [0.05, 0.1) is 11.3 Å². The molecule has 0 fully saturated rings. The predicted octanol–water partition coefficient (Wildman–Crippen LogP) is 3.44. The maximum atomic E-state index is 11.3. The van der Waals surface area contributed by atoms with E-state index in [1.807, 2.05) is 31.2 Å². The zero-order valence-corrected chi connectivity index (χ0v) is 12.1. The van der Waals surface area contributed by atoms with Crippen LogP contribution in [0.5, 0.6) is 0 Å². The number of amides is 1. The summed E-state index contributed by atoms with van der Waals surface area (Å²) in [5.41, 5.74) is 8.68. The van der Waals surface area contributed by atoms with Gasteiger partial charge >= 0.3 is 0 Å². The Kier molecular flexibility index (Phi) is 3.86. The van der Waals surface area contributed by atoms with Crippen molar-refractivity contribution in [1.82, 2.24) is 0 Å². The summed E-state index contributed by atoms with van der Waals surface area (Å²) in [6, 6.07) is 13.3. The third kappa shape index (κ3) is 2.81. The second-order valence-electron chi connectivity index (χ2n) is 3.99. The van der Waals surface area contributed by atoms with Gasteiger partial charge in [-0.15, -0.1) is 0 Å². The van der Waals surface area contributed by atoms with Gasteiger partial charge in [0.25, 0.3) is 5.91 Å². The molecule has 0 atom stereocenters. The molecule has 3 nitrogen and oxygen atoms in total. The van der Waals surface area contributed by atoms with Gasteiger partial charge in [0.1, 0.15) is 0 Å². The topological polar surface area (TPSA) is 55.1 Å². The molecule has 2 aromatic rings. The molecule has 0 bridgehead atoms. The first-order valence-electron chi connectivity index (χ1n) is 5.50. The van der Waals surface area contributed by atoms with Crippen LogP contribution in [-0.2, 0) is 0 Å². The highest BCUT2D eigenvalue weighted by Gasteiger charge is 2.08. The van der Waals surface area contributed by atoms with E-state index in [1.165, 1.54) is 3.57 Å². The van der Waals surface area contributed by atoms with E-state index in [2.05, 4.69) is 34.0 Å². The van der Waals surface area contributed by atoms with E-state index in [9.17, 15) is 4.79 Å². The molecule has 0 radical (unpaired) electrons. The number of hydrogen-bond acceptors (Lipinski definition) is 2. The van der Waals surface area contributed by atoms with E-state index < -0.39 is 5.91 Å². The molecule has 0 heterocycles. The first kappa shape index (κ1) is 12.9. The van der Waals surface area contributed by atoms with Crippen LogP contribution in [0.2, 0.25) is 0 Å². The van der Waals surface area contributed by atoms with Gasteiger partial charge in [-0.2, -0.15) is 0 Å². The van der Waals surface area contributed by atoms with E-state index in [4.69, 9.17) is 5.73 Å². The van der Waals surface area contributed by atoms with Crippen LogP contribution in [0.15, 0.2) is 42.5 Å². The molecule has 0 aliphatic rings. The van der Waals surface area contributed by atoms with Crippen molar-refractivity contribution in [2.75, 3.05) is 5.32 Å². The fourth-order valence-electron chi connectivity index (χ4n) is 1.72. The van der Waals surface area contributed by atoms with Crippen LogP contribution in [0.25, 0.3) is 0 Å². The molecular weight excluding hydrogens is 339 g/mol. The zero-order valence-electron chi connectivity index (χ0n) is 9.91. The van der Waals surface area contributed by atoms with Crippen LogP contribution < -0.4 is 11.1 Å². The molecule has 0 saturated carbocycles. The van der Waals surface area contributed by atoms with Crippen molar-refractivity contribution in [3.8, 4) is 0 Å². The summed E-state index contributed by atoms with van der Waals surface area (Å²) in [6.07, 6.45) is 0. The van der Waals surface area contributed by atoms with E-state index in [0.29, 0.717) is 5.56 Å². The molecule has 0 aliphatic heterocycles. The maximum Gasteiger partial charge on any atom is 0.250 e. The lowest BCUT2D eigenvalue weighted by molar-refractivity contribution is 0.100. The van der Waals surface area contributed by atoms with Crippen LogP contribution in [0.3, 0.4) is 0 Å². The number of nitrogens with one attached hydrogen (secondary N) is 1. The van der Waals surface area contributed by atoms with Crippen molar-refractivity contribution in [2.45, 2.75) is 6.92 Å². The van der Waals surface area contributed by atoms with E-state index >= 15 is 0 Å². The van der Waals surface area contributed by atoms with Gasteiger partial charge < -0.3 is 11.1 Å². The maximum absolute atomic E-state index is 11.3. The lowest BCUT2D eigenvalue weighted by atomic mass is 10.1. The molecule has 1 amide bonds. The monoisotopic (exact) mass is 352 g/mol. The minimum atomic E-state index is -0.429. The number of carbonyl (C=O) groups excluding carboxylic acids is 1. The number of rotatable bonds is 3.